The third-order valence-corrected chi connectivity index (χ3v) is 2.41. The summed E-state index contributed by atoms with van der Waals surface area (Å²) in [6.45, 7) is 4.48. The van der Waals surface area contributed by atoms with Crippen LogP contribution >= 0.6 is 0 Å². The summed E-state index contributed by atoms with van der Waals surface area (Å²) < 4.78 is 0. The molecule has 2 N–H and O–H groups in total. The van der Waals surface area contributed by atoms with E-state index in [0.717, 1.165) is 0 Å². The van der Waals surface area contributed by atoms with Crippen LogP contribution in [0.4, 0.5) is 4.79 Å². The fraction of sp³-hybridized carbons (Fsp3) is 0.818. The Balaban J connectivity index is 4.33. The van der Waals surface area contributed by atoms with Gasteiger partial charge in [-0.2, -0.15) is 0 Å². The van der Waals surface area contributed by atoms with Gasteiger partial charge in [0.2, 0.25) is 0 Å². The molecule has 2 amide bonds. The third-order valence-electron chi connectivity index (χ3n) is 2.41. The van der Waals surface area contributed by atoms with Crippen molar-refractivity contribution in [2.24, 2.45) is 0 Å². The van der Waals surface area contributed by atoms with Gasteiger partial charge in [0.05, 0.1) is 6.42 Å². The second-order valence-electron chi connectivity index (χ2n) is 4.21. The van der Waals surface area contributed by atoms with Crippen LogP contribution in [-0.4, -0.2) is 64.8 Å². The number of carbonyl (C=O) groups is 2. The summed E-state index contributed by atoms with van der Waals surface area (Å²) in [6, 6.07) is -0.170. The Kier molecular flexibility index (Phi) is 7.29. The maximum Gasteiger partial charge on any atom is 0.319 e. The van der Waals surface area contributed by atoms with Crippen molar-refractivity contribution in [3.05, 3.63) is 0 Å². The van der Waals surface area contributed by atoms with Crippen LogP contribution in [0.2, 0.25) is 0 Å². The topological polar surface area (TPSA) is 81.1 Å². The van der Waals surface area contributed by atoms with Crippen molar-refractivity contribution in [1.82, 2.24) is 9.80 Å². The second-order valence-corrected chi connectivity index (χ2v) is 4.21. The lowest BCUT2D eigenvalue weighted by atomic mass is 10.3. The van der Waals surface area contributed by atoms with Crippen LogP contribution in [0, 0.1) is 0 Å². The number of hydrogen-bond donors (Lipinski definition) is 2. The number of aliphatic carboxylic acids is 1. The van der Waals surface area contributed by atoms with Crippen molar-refractivity contribution in [3.63, 3.8) is 0 Å². The summed E-state index contributed by atoms with van der Waals surface area (Å²) in [5.74, 6) is -0.920. The van der Waals surface area contributed by atoms with E-state index in [0.29, 0.717) is 13.0 Å². The Morgan fingerprint density at radius 3 is 2.24 bits per heavy atom. The van der Waals surface area contributed by atoms with Gasteiger partial charge in [0, 0.05) is 32.8 Å². The highest BCUT2D eigenvalue weighted by atomic mass is 16.4. The number of carbonyl (C=O) groups excluding carboxylic acids is 1. The molecule has 0 saturated carbocycles. The van der Waals surface area contributed by atoms with Gasteiger partial charge in [-0.1, -0.05) is 0 Å². The quantitative estimate of drug-likeness (QED) is 0.689. The first-order chi connectivity index (χ1) is 7.90. The minimum atomic E-state index is -0.920. The van der Waals surface area contributed by atoms with E-state index in [1.165, 1.54) is 4.90 Å². The first-order valence-electron chi connectivity index (χ1n) is 5.74. The van der Waals surface area contributed by atoms with Crippen molar-refractivity contribution >= 4 is 12.0 Å². The van der Waals surface area contributed by atoms with Crippen LogP contribution in [0.25, 0.3) is 0 Å². The molecule has 6 nitrogen and oxygen atoms in total. The van der Waals surface area contributed by atoms with E-state index in [9.17, 15) is 9.59 Å². The highest BCUT2D eigenvalue weighted by molar-refractivity contribution is 5.75. The molecule has 0 heterocycles. The molecule has 100 valence electrons. The number of aliphatic hydroxyl groups is 1. The summed E-state index contributed by atoms with van der Waals surface area (Å²) in [5, 5.41) is 17.3. The van der Waals surface area contributed by atoms with Gasteiger partial charge in [-0.25, -0.2) is 4.79 Å². The molecule has 0 fully saturated rings. The number of hydrogen-bond acceptors (Lipinski definition) is 3. The Morgan fingerprint density at radius 2 is 1.82 bits per heavy atom. The molecule has 0 aromatic carbocycles. The van der Waals surface area contributed by atoms with Crippen molar-refractivity contribution in [1.29, 1.82) is 0 Å². The van der Waals surface area contributed by atoms with Gasteiger partial charge in [0.15, 0.2) is 0 Å². The van der Waals surface area contributed by atoms with Crippen LogP contribution < -0.4 is 0 Å². The molecule has 0 spiro atoms. The number of amides is 2. The van der Waals surface area contributed by atoms with Gasteiger partial charge in [-0.3, -0.25) is 4.79 Å². The van der Waals surface area contributed by atoms with E-state index in [1.807, 2.05) is 13.8 Å². The number of urea groups is 1. The molecule has 0 aliphatic rings. The van der Waals surface area contributed by atoms with Crippen molar-refractivity contribution < 1.29 is 19.8 Å². The molecule has 0 aromatic heterocycles. The molecule has 0 aliphatic heterocycles. The molecule has 0 atom stereocenters. The summed E-state index contributed by atoms with van der Waals surface area (Å²) >= 11 is 0. The smallest absolute Gasteiger partial charge is 0.319 e. The van der Waals surface area contributed by atoms with E-state index in [4.69, 9.17) is 10.2 Å². The normalized spacial score (nSPS) is 10.4. The molecule has 0 unspecified atom stereocenters. The van der Waals surface area contributed by atoms with E-state index in [-0.39, 0.29) is 31.6 Å². The van der Waals surface area contributed by atoms with Crippen LogP contribution in [-0.2, 0) is 4.79 Å². The molecule has 0 aliphatic carbocycles. The summed E-state index contributed by atoms with van der Waals surface area (Å²) in [4.78, 5) is 25.4. The highest BCUT2D eigenvalue weighted by Crippen LogP contribution is 2.05. The Labute approximate surface area is 102 Å². The third kappa shape index (κ3) is 6.11. The lowest BCUT2D eigenvalue weighted by Gasteiger charge is -2.31. The van der Waals surface area contributed by atoms with Gasteiger partial charge in [0.1, 0.15) is 0 Å². The molecule has 0 radical (unpaired) electrons. The van der Waals surface area contributed by atoms with E-state index in [1.54, 1.807) is 11.9 Å². The van der Waals surface area contributed by atoms with Gasteiger partial charge < -0.3 is 20.0 Å². The first kappa shape index (κ1) is 15.7. The number of carboxylic acid groups (broad SMARTS) is 1. The molecule has 6 heteroatoms. The zero-order valence-corrected chi connectivity index (χ0v) is 10.7. The van der Waals surface area contributed by atoms with Crippen LogP contribution in [0.1, 0.15) is 26.7 Å². The Hall–Kier alpha value is -1.30. The van der Waals surface area contributed by atoms with Gasteiger partial charge in [0.25, 0.3) is 0 Å². The monoisotopic (exact) mass is 246 g/mol. The van der Waals surface area contributed by atoms with Crippen molar-refractivity contribution in [3.8, 4) is 0 Å². The maximum atomic E-state index is 12.0. The molecular weight excluding hydrogens is 224 g/mol. The zero-order valence-electron chi connectivity index (χ0n) is 10.7. The van der Waals surface area contributed by atoms with Crippen LogP contribution in [0.5, 0.6) is 0 Å². The van der Waals surface area contributed by atoms with Gasteiger partial charge in [-0.15, -0.1) is 0 Å². The summed E-state index contributed by atoms with van der Waals surface area (Å²) in [5.41, 5.74) is 0. The number of carboxylic acids is 1. The molecule has 0 bridgehead atoms. The summed E-state index contributed by atoms with van der Waals surface area (Å²) in [6.07, 6.45) is 0.463. The molecular formula is C11H22N2O4. The van der Waals surface area contributed by atoms with Crippen molar-refractivity contribution in [2.75, 3.05) is 26.7 Å². The fourth-order valence-corrected chi connectivity index (χ4v) is 1.39. The predicted molar refractivity (Wildman–Crippen MR) is 63.8 cm³/mol. The van der Waals surface area contributed by atoms with Gasteiger partial charge in [-0.05, 0) is 20.3 Å². The Morgan fingerprint density at radius 1 is 1.24 bits per heavy atom. The lowest BCUT2D eigenvalue weighted by Crippen LogP contribution is -2.46. The molecule has 0 rings (SSSR count). The van der Waals surface area contributed by atoms with Crippen molar-refractivity contribution in [2.45, 2.75) is 32.7 Å². The number of nitrogens with zero attached hydrogens (tertiary/aromatic N) is 2. The van der Waals surface area contributed by atoms with E-state index in [2.05, 4.69) is 0 Å². The van der Waals surface area contributed by atoms with Crippen LogP contribution in [0.3, 0.4) is 0 Å². The van der Waals surface area contributed by atoms with Gasteiger partial charge >= 0.3 is 12.0 Å². The molecule has 0 saturated heterocycles. The maximum absolute atomic E-state index is 12.0. The lowest BCUT2D eigenvalue weighted by molar-refractivity contribution is -0.137. The fourth-order valence-electron chi connectivity index (χ4n) is 1.39. The SMILES string of the molecule is CC(C)N(CCCO)C(=O)N(C)CCC(=O)O. The van der Waals surface area contributed by atoms with E-state index >= 15 is 0 Å². The Bertz CT molecular complexity index is 256. The number of rotatable bonds is 7. The number of aliphatic hydroxyl groups excluding tert-OH is 1. The average molecular weight is 246 g/mol. The molecule has 17 heavy (non-hydrogen) atoms. The second kappa shape index (κ2) is 7.89. The largest absolute Gasteiger partial charge is 0.481 e. The standard InChI is InChI=1S/C11H22N2O4/c1-9(2)13(6-4-8-14)11(17)12(3)7-5-10(15)16/h9,14H,4-8H2,1-3H3,(H,15,16). The first-order valence-corrected chi connectivity index (χ1v) is 5.74. The average Bonchev–Trinajstić information content (AvgIpc) is 2.25. The minimum absolute atomic E-state index is 0.0290. The minimum Gasteiger partial charge on any atom is -0.481 e. The van der Waals surface area contributed by atoms with Crippen LogP contribution in [0.15, 0.2) is 0 Å². The predicted octanol–water partition coefficient (Wildman–Crippen LogP) is 0.606. The molecule has 0 aromatic rings. The summed E-state index contributed by atoms with van der Waals surface area (Å²) in [7, 11) is 1.58. The van der Waals surface area contributed by atoms with E-state index < -0.39 is 5.97 Å². The highest BCUT2D eigenvalue weighted by Gasteiger charge is 2.20. The zero-order chi connectivity index (χ0) is 13.4.